The number of benzene rings is 2. The molecule has 0 spiro atoms. The average molecular weight is 316 g/mol. The summed E-state index contributed by atoms with van der Waals surface area (Å²) in [5, 5.41) is 2.81. The van der Waals surface area contributed by atoms with Crippen molar-refractivity contribution in [3.05, 3.63) is 101 Å². The third kappa shape index (κ3) is 3.55. The average Bonchev–Trinajstić information content (AvgIpc) is 2.67. The lowest BCUT2D eigenvalue weighted by atomic mass is 9.98. The molecular weight excluding hydrogens is 300 g/mol. The van der Waals surface area contributed by atoms with E-state index in [0.717, 1.165) is 5.69 Å². The Morgan fingerprint density at radius 3 is 2.17 bits per heavy atom. The van der Waals surface area contributed by atoms with E-state index in [1.165, 1.54) is 0 Å². The number of aromatic nitrogens is 1. The maximum atomic E-state index is 12.7. The number of ketones is 1. The Hall–Kier alpha value is -3.27. The lowest BCUT2D eigenvalue weighted by molar-refractivity contribution is 0.0939. The molecule has 118 valence electrons. The first-order valence-electron chi connectivity index (χ1n) is 7.62. The van der Waals surface area contributed by atoms with Crippen molar-refractivity contribution in [3.8, 4) is 0 Å². The number of carbonyl (C=O) groups is 2. The Morgan fingerprint density at radius 2 is 1.46 bits per heavy atom. The van der Waals surface area contributed by atoms with Gasteiger partial charge in [-0.25, -0.2) is 0 Å². The van der Waals surface area contributed by atoms with Crippen LogP contribution in [0.3, 0.4) is 0 Å². The molecule has 0 fully saturated rings. The van der Waals surface area contributed by atoms with Crippen LogP contribution in [-0.2, 0) is 6.54 Å². The van der Waals surface area contributed by atoms with Gasteiger partial charge in [0.2, 0.25) is 0 Å². The molecule has 1 amide bonds. The van der Waals surface area contributed by atoms with E-state index in [-0.39, 0.29) is 11.7 Å². The predicted octanol–water partition coefficient (Wildman–Crippen LogP) is 3.24. The SMILES string of the molecule is O=C(NCc1ccccn1)c1ccccc1C(=O)c1ccccc1. The molecule has 0 unspecified atom stereocenters. The Balaban J connectivity index is 1.81. The second-order valence-electron chi connectivity index (χ2n) is 5.24. The number of amides is 1. The van der Waals surface area contributed by atoms with E-state index >= 15 is 0 Å². The van der Waals surface area contributed by atoms with Gasteiger partial charge in [0, 0.05) is 17.3 Å². The van der Waals surface area contributed by atoms with Gasteiger partial charge in [0.1, 0.15) is 0 Å². The minimum absolute atomic E-state index is 0.167. The van der Waals surface area contributed by atoms with Crippen molar-refractivity contribution in [1.82, 2.24) is 10.3 Å². The van der Waals surface area contributed by atoms with Crippen LogP contribution in [0.5, 0.6) is 0 Å². The normalized spacial score (nSPS) is 10.2. The lowest BCUT2D eigenvalue weighted by Crippen LogP contribution is -2.25. The predicted molar refractivity (Wildman–Crippen MR) is 91.7 cm³/mol. The van der Waals surface area contributed by atoms with Crippen LogP contribution in [0.15, 0.2) is 79.0 Å². The van der Waals surface area contributed by atoms with Crippen molar-refractivity contribution in [2.24, 2.45) is 0 Å². The molecule has 3 aromatic rings. The highest BCUT2D eigenvalue weighted by Crippen LogP contribution is 2.15. The number of rotatable bonds is 5. The molecule has 2 aromatic carbocycles. The van der Waals surface area contributed by atoms with E-state index in [0.29, 0.717) is 23.2 Å². The molecule has 0 saturated carbocycles. The molecule has 1 N–H and O–H groups in total. The van der Waals surface area contributed by atoms with Crippen LogP contribution in [0, 0.1) is 0 Å². The molecule has 0 aliphatic heterocycles. The lowest BCUT2D eigenvalue weighted by Gasteiger charge is -2.09. The summed E-state index contributed by atoms with van der Waals surface area (Å²) in [5.74, 6) is -0.459. The third-order valence-corrected chi connectivity index (χ3v) is 3.61. The Kier molecular flexibility index (Phi) is 4.77. The monoisotopic (exact) mass is 316 g/mol. The van der Waals surface area contributed by atoms with Crippen LogP contribution in [0.4, 0.5) is 0 Å². The molecule has 1 heterocycles. The van der Waals surface area contributed by atoms with Gasteiger partial charge in [-0.1, -0.05) is 54.6 Å². The van der Waals surface area contributed by atoms with Gasteiger partial charge in [0.15, 0.2) is 5.78 Å². The molecule has 0 bridgehead atoms. The van der Waals surface area contributed by atoms with Gasteiger partial charge in [-0.3, -0.25) is 14.6 Å². The summed E-state index contributed by atoms with van der Waals surface area (Å²) < 4.78 is 0. The molecule has 4 heteroatoms. The maximum absolute atomic E-state index is 12.7. The van der Waals surface area contributed by atoms with Crippen LogP contribution in [0.1, 0.15) is 32.0 Å². The first-order chi connectivity index (χ1) is 11.8. The van der Waals surface area contributed by atoms with Gasteiger partial charge >= 0.3 is 0 Å². The first-order valence-corrected chi connectivity index (χ1v) is 7.62. The van der Waals surface area contributed by atoms with E-state index in [1.807, 2.05) is 24.3 Å². The zero-order chi connectivity index (χ0) is 16.8. The van der Waals surface area contributed by atoms with Crippen molar-refractivity contribution >= 4 is 11.7 Å². The number of carbonyl (C=O) groups excluding carboxylic acids is 2. The summed E-state index contributed by atoms with van der Waals surface area (Å²) in [6.45, 7) is 0.313. The highest BCUT2D eigenvalue weighted by Gasteiger charge is 2.17. The summed E-state index contributed by atoms with van der Waals surface area (Å²) in [7, 11) is 0. The Labute approximate surface area is 140 Å². The van der Waals surface area contributed by atoms with Crippen LogP contribution < -0.4 is 5.32 Å². The van der Waals surface area contributed by atoms with Crippen LogP contribution in [0.2, 0.25) is 0 Å². The van der Waals surface area contributed by atoms with E-state index in [1.54, 1.807) is 54.7 Å². The number of hydrogen-bond acceptors (Lipinski definition) is 3. The Bertz CT molecular complexity index is 846. The summed E-state index contributed by atoms with van der Waals surface area (Å²) >= 11 is 0. The number of hydrogen-bond donors (Lipinski definition) is 1. The molecule has 4 nitrogen and oxygen atoms in total. The van der Waals surface area contributed by atoms with Gasteiger partial charge in [-0.15, -0.1) is 0 Å². The van der Waals surface area contributed by atoms with Crippen molar-refractivity contribution < 1.29 is 9.59 Å². The number of pyridine rings is 1. The summed E-state index contributed by atoms with van der Waals surface area (Å²) in [4.78, 5) is 29.3. The molecular formula is C20H16N2O2. The molecule has 1 aromatic heterocycles. The Morgan fingerprint density at radius 1 is 0.792 bits per heavy atom. The first kappa shape index (κ1) is 15.6. The van der Waals surface area contributed by atoms with Gasteiger partial charge in [-0.05, 0) is 18.2 Å². The summed E-state index contributed by atoms with van der Waals surface area (Å²) in [5.41, 5.74) is 2.07. The standard InChI is InChI=1S/C20H16N2O2/c23-19(15-8-2-1-3-9-15)17-11-4-5-12-18(17)20(24)22-14-16-10-6-7-13-21-16/h1-13H,14H2,(H,22,24). The highest BCUT2D eigenvalue weighted by atomic mass is 16.2. The highest BCUT2D eigenvalue weighted by molar-refractivity contribution is 6.15. The van der Waals surface area contributed by atoms with Crippen LogP contribution >= 0.6 is 0 Å². The molecule has 0 aliphatic carbocycles. The molecule has 0 saturated heterocycles. The van der Waals surface area contributed by atoms with Gasteiger partial charge in [-0.2, -0.15) is 0 Å². The van der Waals surface area contributed by atoms with Gasteiger partial charge in [0.05, 0.1) is 17.8 Å². The molecule has 0 radical (unpaired) electrons. The minimum atomic E-state index is -0.291. The summed E-state index contributed by atoms with van der Waals surface area (Å²) in [6.07, 6.45) is 1.67. The van der Waals surface area contributed by atoms with Crippen LogP contribution in [-0.4, -0.2) is 16.7 Å². The second kappa shape index (κ2) is 7.33. The zero-order valence-electron chi connectivity index (χ0n) is 13.0. The van der Waals surface area contributed by atoms with Crippen LogP contribution in [0.25, 0.3) is 0 Å². The van der Waals surface area contributed by atoms with Crippen molar-refractivity contribution in [1.29, 1.82) is 0 Å². The largest absolute Gasteiger partial charge is 0.346 e. The quantitative estimate of drug-likeness (QED) is 0.735. The maximum Gasteiger partial charge on any atom is 0.252 e. The van der Waals surface area contributed by atoms with Gasteiger partial charge < -0.3 is 5.32 Å². The summed E-state index contributed by atoms with van der Waals surface area (Å²) in [6, 6.07) is 21.3. The minimum Gasteiger partial charge on any atom is -0.346 e. The number of nitrogens with zero attached hydrogens (tertiary/aromatic N) is 1. The van der Waals surface area contributed by atoms with Crippen molar-refractivity contribution in [2.75, 3.05) is 0 Å². The molecule has 0 atom stereocenters. The fourth-order valence-electron chi connectivity index (χ4n) is 2.39. The fraction of sp³-hybridized carbons (Fsp3) is 0.0500. The zero-order valence-corrected chi connectivity index (χ0v) is 13.0. The van der Waals surface area contributed by atoms with Gasteiger partial charge in [0.25, 0.3) is 5.91 Å². The molecule has 0 aliphatic rings. The second-order valence-corrected chi connectivity index (χ2v) is 5.24. The molecule has 3 rings (SSSR count). The number of nitrogens with one attached hydrogen (secondary N) is 1. The smallest absolute Gasteiger partial charge is 0.252 e. The van der Waals surface area contributed by atoms with Crippen molar-refractivity contribution in [2.45, 2.75) is 6.54 Å². The topological polar surface area (TPSA) is 59.1 Å². The van der Waals surface area contributed by atoms with Crippen molar-refractivity contribution in [3.63, 3.8) is 0 Å². The van der Waals surface area contributed by atoms with E-state index in [2.05, 4.69) is 10.3 Å². The fourth-order valence-corrected chi connectivity index (χ4v) is 2.39. The third-order valence-electron chi connectivity index (χ3n) is 3.61. The van der Waals surface area contributed by atoms with E-state index in [9.17, 15) is 9.59 Å². The van der Waals surface area contributed by atoms with E-state index < -0.39 is 0 Å². The van der Waals surface area contributed by atoms with E-state index in [4.69, 9.17) is 0 Å². The molecule has 24 heavy (non-hydrogen) atoms.